The highest BCUT2D eigenvalue weighted by Crippen LogP contribution is 2.43. The van der Waals surface area contributed by atoms with Crippen molar-refractivity contribution in [3.05, 3.63) is 152 Å². The van der Waals surface area contributed by atoms with E-state index < -0.39 is 10.1 Å². The van der Waals surface area contributed by atoms with Crippen LogP contribution in [0.1, 0.15) is 0 Å². The quantitative estimate of drug-likeness (QED) is 0.151. The number of benzene rings is 6. The van der Waals surface area contributed by atoms with Gasteiger partial charge in [-0.3, -0.25) is 0 Å². The lowest BCUT2D eigenvalue weighted by atomic mass is 9.89. The zero-order valence-electron chi connectivity index (χ0n) is 23.4. The summed E-state index contributed by atoms with van der Waals surface area (Å²) in [6.45, 7) is 0. The van der Waals surface area contributed by atoms with Crippen molar-refractivity contribution < 1.29 is 12.0 Å². The second-order valence-corrected chi connectivity index (χ2v) is 13.7. The standard InChI is InChI=1S/C37H28O3S3/c1-43(38,39)40-42-33-22-23-34(29-13-7-3-8-14-29)37(26-33)35-24-21-32(25-36(35)30-15-9-4-10-16-30)41-31-19-17-28(18-20-31)27-11-5-2-6-12-27/h2-26H,1H3. The van der Waals surface area contributed by atoms with Gasteiger partial charge < -0.3 is 0 Å². The van der Waals surface area contributed by atoms with Crippen molar-refractivity contribution in [1.82, 2.24) is 0 Å². The Kier molecular flexibility index (Phi) is 8.82. The van der Waals surface area contributed by atoms with E-state index in [4.69, 9.17) is 3.63 Å². The van der Waals surface area contributed by atoms with E-state index in [0.29, 0.717) is 4.90 Å². The van der Waals surface area contributed by atoms with E-state index in [9.17, 15) is 8.42 Å². The van der Waals surface area contributed by atoms with Gasteiger partial charge in [-0.1, -0.05) is 127 Å². The van der Waals surface area contributed by atoms with Crippen molar-refractivity contribution in [2.24, 2.45) is 0 Å². The van der Waals surface area contributed by atoms with E-state index in [1.807, 2.05) is 60.7 Å². The second kappa shape index (κ2) is 13.1. The van der Waals surface area contributed by atoms with Gasteiger partial charge in [0.15, 0.2) is 0 Å². The lowest BCUT2D eigenvalue weighted by molar-refractivity contribution is 0.525. The molecule has 0 bridgehead atoms. The minimum absolute atomic E-state index is 0.705. The third-order valence-electron chi connectivity index (χ3n) is 6.89. The highest BCUT2D eigenvalue weighted by molar-refractivity contribution is 8.04. The molecule has 0 aliphatic rings. The molecular weight excluding hydrogens is 589 g/mol. The van der Waals surface area contributed by atoms with Gasteiger partial charge >= 0.3 is 0 Å². The fourth-order valence-corrected chi connectivity index (χ4v) is 6.88. The molecular formula is C37H28O3S3. The van der Waals surface area contributed by atoms with E-state index >= 15 is 0 Å². The summed E-state index contributed by atoms with van der Waals surface area (Å²) in [6.07, 6.45) is 1.05. The molecule has 3 nitrogen and oxygen atoms in total. The van der Waals surface area contributed by atoms with Gasteiger partial charge in [0.1, 0.15) is 0 Å². The van der Waals surface area contributed by atoms with Gasteiger partial charge in [0, 0.05) is 26.7 Å². The Hall–Kier alpha value is -4.07. The SMILES string of the molecule is CS(=O)(=O)OSc1ccc(-c2ccccc2)c(-c2ccc(Sc3ccc(-c4ccccc4)cc3)cc2-c2ccccc2)c1. The van der Waals surface area contributed by atoms with Crippen LogP contribution in [0, 0.1) is 0 Å². The molecule has 6 aromatic rings. The Morgan fingerprint density at radius 1 is 0.442 bits per heavy atom. The van der Waals surface area contributed by atoms with Gasteiger partial charge in [-0.25, -0.2) is 0 Å². The van der Waals surface area contributed by atoms with Gasteiger partial charge in [0.25, 0.3) is 10.1 Å². The molecule has 6 rings (SSSR count). The van der Waals surface area contributed by atoms with Crippen LogP contribution in [0.5, 0.6) is 0 Å². The van der Waals surface area contributed by atoms with Crippen molar-refractivity contribution >= 4 is 33.9 Å². The fraction of sp³-hybridized carbons (Fsp3) is 0.0270. The summed E-state index contributed by atoms with van der Waals surface area (Å²) in [4.78, 5) is 2.99. The molecule has 0 aliphatic carbocycles. The smallest absolute Gasteiger partial charge is 0.199 e. The Morgan fingerprint density at radius 3 is 1.51 bits per heavy atom. The first-order chi connectivity index (χ1) is 20.9. The molecule has 0 fully saturated rings. The summed E-state index contributed by atoms with van der Waals surface area (Å²) in [5.74, 6) is 0. The average Bonchev–Trinajstić information content (AvgIpc) is 3.05. The minimum atomic E-state index is -3.61. The van der Waals surface area contributed by atoms with Crippen molar-refractivity contribution in [3.63, 3.8) is 0 Å². The first kappa shape index (κ1) is 29.0. The van der Waals surface area contributed by atoms with Crippen LogP contribution in [0.25, 0.3) is 44.5 Å². The molecule has 0 amide bonds. The Bertz CT molecular complexity index is 1940. The minimum Gasteiger partial charge on any atom is -0.199 e. The first-order valence-corrected chi connectivity index (χ1v) is 17.1. The highest BCUT2D eigenvalue weighted by atomic mass is 32.3. The van der Waals surface area contributed by atoms with E-state index in [-0.39, 0.29) is 0 Å². The average molecular weight is 617 g/mol. The van der Waals surface area contributed by atoms with Crippen LogP contribution in [0.15, 0.2) is 166 Å². The normalized spacial score (nSPS) is 11.4. The molecule has 0 radical (unpaired) electrons. The molecule has 0 aliphatic heterocycles. The summed E-state index contributed by atoms with van der Waals surface area (Å²) >= 11 is 2.58. The number of rotatable bonds is 9. The molecule has 212 valence electrons. The Balaban J connectivity index is 1.42. The van der Waals surface area contributed by atoms with Crippen LogP contribution in [0.4, 0.5) is 0 Å². The lowest BCUT2D eigenvalue weighted by Gasteiger charge is -2.17. The monoisotopic (exact) mass is 616 g/mol. The molecule has 43 heavy (non-hydrogen) atoms. The largest absolute Gasteiger partial charge is 0.275 e. The maximum Gasteiger partial charge on any atom is 0.275 e. The van der Waals surface area contributed by atoms with E-state index in [1.165, 1.54) is 11.1 Å². The van der Waals surface area contributed by atoms with Gasteiger partial charge in [-0.15, -0.1) is 0 Å². The van der Waals surface area contributed by atoms with Gasteiger partial charge in [0.2, 0.25) is 0 Å². The molecule has 0 saturated carbocycles. The van der Waals surface area contributed by atoms with Crippen LogP contribution in [-0.4, -0.2) is 14.7 Å². The predicted octanol–water partition coefficient (Wildman–Crippen LogP) is 10.5. The third-order valence-corrected chi connectivity index (χ3v) is 9.60. The van der Waals surface area contributed by atoms with E-state index in [2.05, 4.69) is 91.0 Å². The van der Waals surface area contributed by atoms with Crippen LogP contribution >= 0.6 is 23.8 Å². The topological polar surface area (TPSA) is 43.4 Å². The zero-order chi connectivity index (χ0) is 29.6. The van der Waals surface area contributed by atoms with Gasteiger partial charge in [-0.05, 0) is 80.9 Å². The van der Waals surface area contributed by atoms with Crippen molar-refractivity contribution in [3.8, 4) is 44.5 Å². The van der Waals surface area contributed by atoms with Gasteiger partial charge in [-0.2, -0.15) is 12.0 Å². The molecule has 0 heterocycles. The van der Waals surface area contributed by atoms with Crippen LogP contribution in [0.3, 0.4) is 0 Å². The fourth-order valence-electron chi connectivity index (χ4n) is 4.93. The number of hydrogen-bond donors (Lipinski definition) is 0. The molecule has 6 aromatic carbocycles. The van der Waals surface area contributed by atoms with Crippen LogP contribution in [0.2, 0.25) is 0 Å². The molecule has 0 atom stereocenters. The summed E-state index contributed by atoms with van der Waals surface area (Å²) in [5, 5.41) is 0. The van der Waals surface area contributed by atoms with Crippen LogP contribution in [-0.2, 0) is 13.7 Å². The molecule has 0 N–H and O–H groups in total. The summed E-state index contributed by atoms with van der Waals surface area (Å²) in [5.41, 5.74) is 8.76. The van der Waals surface area contributed by atoms with Crippen molar-refractivity contribution in [2.45, 2.75) is 14.7 Å². The molecule has 0 spiro atoms. The summed E-state index contributed by atoms with van der Waals surface area (Å²) in [6, 6.07) is 52.1. The molecule has 0 aromatic heterocycles. The highest BCUT2D eigenvalue weighted by Gasteiger charge is 2.16. The third kappa shape index (κ3) is 7.29. The lowest BCUT2D eigenvalue weighted by Crippen LogP contribution is -1.96. The molecule has 6 heteroatoms. The maximum atomic E-state index is 11.7. The molecule has 0 saturated heterocycles. The predicted molar refractivity (Wildman–Crippen MR) is 181 cm³/mol. The summed E-state index contributed by atoms with van der Waals surface area (Å²) < 4.78 is 28.5. The maximum absolute atomic E-state index is 11.7. The zero-order valence-corrected chi connectivity index (χ0v) is 25.8. The van der Waals surface area contributed by atoms with Gasteiger partial charge in [0.05, 0.1) is 6.26 Å². The van der Waals surface area contributed by atoms with Crippen molar-refractivity contribution in [1.29, 1.82) is 0 Å². The molecule has 0 unspecified atom stereocenters. The Labute approximate surface area is 261 Å². The second-order valence-electron chi connectivity index (χ2n) is 9.99. The van der Waals surface area contributed by atoms with Crippen molar-refractivity contribution in [2.75, 3.05) is 6.26 Å². The van der Waals surface area contributed by atoms with E-state index in [0.717, 1.165) is 61.5 Å². The first-order valence-electron chi connectivity index (χ1n) is 13.7. The Morgan fingerprint density at radius 2 is 0.907 bits per heavy atom. The number of hydrogen-bond acceptors (Lipinski definition) is 5. The van der Waals surface area contributed by atoms with E-state index in [1.54, 1.807) is 11.8 Å². The van der Waals surface area contributed by atoms with Crippen LogP contribution < -0.4 is 0 Å². The summed E-state index contributed by atoms with van der Waals surface area (Å²) in [7, 11) is -3.61.